The molecular weight excluding hydrogens is 348 g/mol. The lowest BCUT2D eigenvalue weighted by atomic mass is 9.48. The van der Waals surface area contributed by atoms with Crippen molar-refractivity contribution in [3.05, 3.63) is 12.2 Å². The highest BCUT2D eigenvalue weighted by Crippen LogP contribution is 2.65. The first-order valence-corrected chi connectivity index (χ1v) is 13.5. The minimum atomic E-state index is 0.653. The van der Waals surface area contributed by atoms with Gasteiger partial charge in [-0.25, -0.2) is 0 Å². The lowest BCUT2D eigenvalue weighted by Crippen LogP contribution is -2.49. The molecule has 0 nitrogen and oxygen atoms in total. The molecule has 0 N–H and O–H groups in total. The summed E-state index contributed by atoms with van der Waals surface area (Å²) in [6.07, 6.45) is 20.0. The van der Waals surface area contributed by atoms with Crippen molar-refractivity contribution in [2.75, 3.05) is 0 Å². The van der Waals surface area contributed by atoms with Crippen LogP contribution in [0.1, 0.15) is 106 Å². The molecule has 0 aromatic carbocycles. The van der Waals surface area contributed by atoms with Crippen molar-refractivity contribution in [3.8, 4) is 0 Å². The van der Waals surface area contributed by atoms with Gasteiger partial charge >= 0.3 is 0 Å². The first kappa shape index (κ1) is 22.0. The molecular formula is C29H50. The van der Waals surface area contributed by atoms with Crippen LogP contribution in [0.15, 0.2) is 12.2 Å². The fourth-order valence-electron chi connectivity index (χ4n) is 9.51. The van der Waals surface area contributed by atoms with Gasteiger partial charge in [0, 0.05) is 0 Å². The Morgan fingerprint density at radius 1 is 0.966 bits per heavy atom. The van der Waals surface area contributed by atoms with E-state index in [4.69, 9.17) is 0 Å². The van der Waals surface area contributed by atoms with Gasteiger partial charge in [0.25, 0.3) is 0 Å². The van der Waals surface area contributed by atoms with Crippen molar-refractivity contribution in [1.29, 1.82) is 0 Å². The van der Waals surface area contributed by atoms with E-state index in [1.54, 1.807) is 19.3 Å². The largest absolute Gasteiger partial charge is 0.0880 e. The standard InChI is InChI=1S/C29H50/c1-7-22(19(2)3)12-11-20(4)26-15-16-27-24-14-13-23-10-8-9-21(5)28(23)25(24)17-18-29(26,27)6/h8-9,19-28H,7,10-18H2,1-6H3/t20-,21?,22-,23-,24-,25+,26-,27+,28+,29-/m1/s1. The third-order valence-electron chi connectivity index (χ3n) is 11.1. The minimum Gasteiger partial charge on any atom is -0.0880 e. The van der Waals surface area contributed by atoms with Gasteiger partial charge in [-0.05, 0) is 116 Å². The Hall–Kier alpha value is -0.260. The van der Waals surface area contributed by atoms with Crippen LogP contribution in [0, 0.1) is 64.6 Å². The van der Waals surface area contributed by atoms with Gasteiger partial charge in [-0.1, -0.05) is 66.5 Å². The van der Waals surface area contributed by atoms with Crippen molar-refractivity contribution in [2.45, 2.75) is 106 Å². The van der Waals surface area contributed by atoms with Gasteiger partial charge < -0.3 is 0 Å². The molecule has 0 saturated heterocycles. The number of fused-ring (bicyclic) bond motifs is 5. The number of hydrogen-bond donors (Lipinski definition) is 0. The molecule has 0 heteroatoms. The third kappa shape index (κ3) is 3.89. The van der Waals surface area contributed by atoms with E-state index in [0.29, 0.717) is 5.41 Å². The summed E-state index contributed by atoms with van der Waals surface area (Å²) in [7, 11) is 0. The van der Waals surface area contributed by atoms with E-state index in [-0.39, 0.29) is 0 Å². The number of rotatable bonds is 6. The third-order valence-corrected chi connectivity index (χ3v) is 11.1. The molecule has 0 heterocycles. The molecule has 10 atom stereocenters. The van der Waals surface area contributed by atoms with Crippen LogP contribution in [0.2, 0.25) is 0 Å². The van der Waals surface area contributed by atoms with E-state index in [1.165, 1.54) is 44.9 Å². The molecule has 1 unspecified atom stereocenters. The Kier molecular flexibility index (Phi) is 6.59. The van der Waals surface area contributed by atoms with Gasteiger partial charge in [0.1, 0.15) is 0 Å². The van der Waals surface area contributed by atoms with E-state index >= 15 is 0 Å². The summed E-state index contributed by atoms with van der Waals surface area (Å²) in [5, 5.41) is 0. The lowest BCUT2D eigenvalue weighted by Gasteiger charge is -2.57. The Morgan fingerprint density at radius 3 is 2.48 bits per heavy atom. The summed E-state index contributed by atoms with van der Waals surface area (Å²) in [5.74, 6) is 9.73. The average Bonchev–Trinajstić information content (AvgIpc) is 3.05. The predicted molar refractivity (Wildman–Crippen MR) is 127 cm³/mol. The van der Waals surface area contributed by atoms with Crippen molar-refractivity contribution in [2.24, 2.45) is 64.6 Å². The Bertz CT molecular complexity index is 573. The van der Waals surface area contributed by atoms with Crippen LogP contribution in [0.4, 0.5) is 0 Å². The molecule has 4 rings (SSSR count). The van der Waals surface area contributed by atoms with Crippen LogP contribution >= 0.6 is 0 Å². The summed E-state index contributed by atoms with van der Waals surface area (Å²) in [4.78, 5) is 0. The summed E-state index contributed by atoms with van der Waals surface area (Å²) in [5.41, 5.74) is 0.653. The van der Waals surface area contributed by atoms with E-state index in [0.717, 1.165) is 59.2 Å². The molecule has 0 spiro atoms. The van der Waals surface area contributed by atoms with Crippen LogP contribution in [0.3, 0.4) is 0 Å². The highest BCUT2D eigenvalue weighted by molar-refractivity contribution is 5.10. The van der Waals surface area contributed by atoms with Crippen molar-refractivity contribution < 1.29 is 0 Å². The Labute approximate surface area is 182 Å². The first-order chi connectivity index (χ1) is 13.9. The fraction of sp³-hybridized carbons (Fsp3) is 0.931. The summed E-state index contributed by atoms with van der Waals surface area (Å²) in [6.45, 7) is 15.2. The molecule has 0 bridgehead atoms. The SMILES string of the molecule is CC[C@H](CC[C@@H](C)[C@H]1CC[C@H]2[C@@H]3CC[C@H]4CC=CC(C)[C@@H]4[C@H]3CC[C@]12C)C(C)C. The van der Waals surface area contributed by atoms with E-state index in [1.807, 2.05) is 0 Å². The fourth-order valence-corrected chi connectivity index (χ4v) is 9.51. The highest BCUT2D eigenvalue weighted by Gasteiger charge is 2.57. The minimum absolute atomic E-state index is 0.653. The van der Waals surface area contributed by atoms with Gasteiger partial charge in [-0.3, -0.25) is 0 Å². The van der Waals surface area contributed by atoms with Crippen LogP contribution in [-0.2, 0) is 0 Å². The second-order valence-electron chi connectivity index (χ2n) is 12.6. The van der Waals surface area contributed by atoms with Gasteiger partial charge in [0.05, 0.1) is 0 Å². The molecule has 3 fully saturated rings. The highest BCUT2D eigenvalue weighted by atomic mass is 14.6. The van der Waals surface area contributed by atoms with Gasteiger partial charge in [-0.15, -0.1) is 0 Å². The van der Waals surface area contributed by atoms with E-state index in [2.05, 4.69) is 53.7 Å². The maximum Gasteiger partial charge on any atom is -0.0228 e. The van der Waals surface area contributed by atoms with Crippen molar-refractivity contribution >= 4 is 0 Å². The van der Waals surface area contributed by atoms with Crippen molar-refractivity contribution in [1.82, 2.24) is 0 Å². The average molecular weight is 399 g/mol. The lowest BCUT2D eigenvalue weighted by molar-refractivity contribution is -0.0697. The molecule has 3 saturated carbocycles. The number of allylic oxidation sites excluding steroid dienone is 2. The summed E-state index contributed by atoms with van der Waals surface area (Å²) >= 11 is 0. The molecule has 4 aliphatic carbocycles. The smallest absolute Gasteiger partial charge is 0.0228 e. The molecule has 4 aliphatic rings. The van der Waals surface area contributed by atoms with Crippen LogP contribution in [-0.4, -0.2) is 0 Å². The zero-order valence-corrected chi connectivity index (χ0v) is 20.5. The summed E-state index contributed by atoms with van der Waals surface area (Å²) in [6, 6.07) is 0. The maximum absolute atomic E-state index is 2.75. The maximum atomic E-state index is 2.75. The van der Waals surface area contributed by atoms with Crippen LogP contribution in [0.25, 0.3) is 0 Å². The van der Waals surface area contributed by atoms with E-state index < -0.39 is 0 Å². The summed E-state index contributed by atoms with van der Waals surface area (Å²) < 4.78 is 0. The first-order valence-electron chi connectivity index (χ1n) is 13.5. The second-order valence-corrected chi connectivity index (χ2v) is 12.6. The predicted octanol–water partition coefficient (Wildman–Crippen LogP) is 8.77. The topological polar surface area (TPSA) is 0 Å². The van der Waals surface area contributed by atoms with Crippen molar-refractivity contribution in [3.63, 3.8) is 0 Å². The molecule has 29 heavy (non-hydrogen) atoms. The van der Waals surface area contributed by atoms with Gasteiger partial charge in [0.15, 0.2) is 0 Å². The quantitative estimate of drug-likeness (QED) is 0.392. The molecule has 0 radical (unpaired) electrons. The van der Waals surface area contributed by atoms with Crippen LogP contribution in [0.5, 0.6) is 0 Å². The molecule has 0 aliphatic heterocycles. The van der Waals surface area contributed by atoms with E-state index in [9.17, 15) is 0 Å². The zero-order chi connectivity index (χ0) is 20.8. The van der Waals surface area contributed by atoms with Gasteiger partial charge in [-0.2, -0.15) is 0 Å². The molecule has 0 aromatic rings. The van der Waals surface area contributed by atoms with Crippen LogP contribution < -0.4 is 0 Å². The normalized spacial score (nSPS) is 46.1. The molecule has 0 aromatic heterocycles. The zero-order valence-electron chi connectivity index (χ0n) is 20.5. The Balaban J connectivity index is 1.44. The second kappa shape index (κ2) is 8.70. The monoisotopic (exact) mass is 398 g/mol. The molecule has 166 valence electrons. The number of hydrogen-bond acceptors (Lipinski definition) is 0. The Morgan fingerprint density at radius 2 is 1.76 bits per heavy atom. The van der Waals surface area contributed by atoms with Gasteiger partial charge in [0.2, 0.25) is 0 Å². The molecule has 0 amide bonds.